The number of carbonyl (C=O) groups is 1. The quantitative estimate of drug-likeness (QED) is 0.668. The first-order chi connectivity index (χ1) is 6.49. The summed E-state index contributed by atoms with van der Waals surface area (Å²) in [6.07, 6.45) is 2.21. The molecule has 0 spiro atoms. The van der Waals surface area contributed by atoms with E-state index in [-0.39, 0.29) is 11.9 Å². The topological polar surface area (TPSA) is 52.3 Å². The molecule has 0 radical (unpaired) electrons. The number of hydrogen-bond donors (Lipinski definition) is 1. The van der Waals surface area contributed by atoms with Crippen molar-refractivity contribution in [2.75, 3.05) is 6.61 Å². The Hall–Kier alpha value is -0.570. The zero-order valence-corrected chi connectivity index (χ0v) is 9.75. The van der Waals surface area contributed by atoms with Crippen LogP contribution in [0, 0.1) is 11.8 Å². The van der Waals surface area contributed by atoms with E-state index in [4.69, 9.17) is 10.5 Å². The van der Waals surface area contributed by atoms with E-state index < -0.39 is 6.04 Å². The molecule has 0 fully saturated rings. The smallest absolute Gasteiger partial charge is 0.323 e. The molecule has 0 heterocycles. The van der Waals surface area contributed by atoms with Crippen LogP contribution in [0.4, 0.5) is 0 Å². The zero-order chi connectivity index (χ0) is 11.1. The highest BCUT2D eigenvalue weighted by molar-refractivity contribution is 5.75. The molecule has 0 amide bonds. The number of nitrogens with two attached hydrogens (primary N) is 1. The molecule has 0 aliphatic rings. The molecule has 0 aliphatic heterocycles. The van der Waals surface area contributed by atoms with Gasteiger partial charge in [0.25, 0.3) is 0 Å². The maximum Gasteiger partial charge on any atom is 0.323 e. The summed E-state index contributed by atoms with van der Waals surface area (Å²) in [5.74, 6) is 0.301. The molecule has 0 saturated carbocycles. The van der Waals surface area contributed by atoms with Gasteiger partial charge in [0.15, 0.2) is 0 Å². The van der Waals surface area contributed by atoms with Crippen LogP contribution in [0.25, 0.3) is 0 Å². The van der Waals surface area contributed by atoms with Gasteiger partial charge in [0.1, 0.15) is 6.04 Å². The minimum absolute atomic E-state index is 0.143. The highest BCUT2D eigenvalue weighted by atomic mass is 16.5. The van der Waals surface area contributed by atoms with Gasteiger partial charge in [-0.15, -0.1) is 0 Å². The molecule has 3 nitrogen and oxygen atoms in total. The van der Waals surface area contributed by atoms with Gasteiger partial charge in [0.2, 0.25) is 0 Å². The minimum atomic E-state index is -0.483. The van der Waals surface area contributed by atoms with Gasteiger partial charge in [-0.3, -0.25) is 4.79 Å². The second-order valence-electron chi connectivity index (χ2n) is 4.29. The maximum absolute atomic E-state index is 11.3. The van der Waals surface area contributed by atoms with Gasteiger partial charge in [-0.2, -0.15) is 0 Å². The Labute approximate surface area is 87.0 Å². The number of hydrogen-bond acceptors (Lipinski definition) is 3. The van der Waals surface area contributed by atoms with E-state index >= 15 is 0 Å². The van der Waals surface area contributed by atoms with Crippen LogP contribution >= 0.6 is 0 Å². The van der Waals surface area contributed by atoms with Gasteiger partial charge < -0.3 is 10.5 Å². The lowest BCUT2D eigenvalue weighted by Crippen LogP contribution is -2.37. The van der Waals surface area contributed by atoms with Crippen LogP contribution in [0.2, 0.25) is 0 Å². The lowest BCUT2D eigenvalue weighted by atomic mass is 10.1. The Morgan fingerprint density at radius 2 is 1.93 bits per heavy atom. The Balaban J connectivity index is 3.73. The van der Waals surface area contributed by atoms with Gasteiger partial charge in [0, 0.05) is 0 Å². The van der Waals surface area contributed by atoms with Crippen LogP contribution in [-0.2, 0) is 9.53 Å². The van der Waals surface area contributed by atoms with Crippen molar-refractivity contribution in [2.24, 2.45) is 17.6 Å². The van der Waals surface area contributed by atoms with E-state index in [1.807, 2.05) is 13.8 Å². The Bertz CT molecular complexity index is 169. The van der Waals surface area contributed by atoms with Crippen molar-refractivity contribution in [2.45, 2.75) is 46.6 Å². The molecule has 0 unspecified atom stereocenters. The third kappa shape index (κ3) is 5.22. The molecule has 3 heteroatoms. The normalized spacial score (nSPS) is 15.3. The highest BCUT2D eigenvalue weighted by Crippen LogP contribution is 2.07. The minimum Gasteiger partial charge on any atom is -0.464 e. The fourth-order valence-corrected chi connectivity index (χ4v) is 1.17. The second kappa shape index (κ2) is 6.82. The van der Waals surface area contributed by atoms with Gasteiger partial charge in [-0.05, 0) is 18.3 Å². The SMILES string of the molecule is CCC[C@@H](C)COC(=O)[C@@H](N)C(C)C. The number of esters is 1. The molecule has 0 aliphatic carbocycles. The molecule has 2 N–H and O–H groups in total. The van der Waals surface area contributed by atoms with Gasteiger partial charge >= 0.3 is 5.97 Å². The molecule has 0 bridgehead atoms. The molecular formula is C11H23NO2. The van der Waals surface area contributed by atoms with Crippen LogP contribution < -0.4 is 5.73 Å². The van der Waals surface area contributed by atoms with Crippen LogP contribution in [0.15, 0.2) is 0 Å². The summed E-state index contributed by atoms with van der Waals surface area (Å²) in [6, 6.07) is -0.483. The molecule has 0 aromatic carbocycles. The first-order valence-corrected chi connectivity index (χ1v) is 5.41. The molecule has 14 heavy (non-hydrogen) atoms. The lowest BCUT2D eigenvalue weighted by Gasteiger charge is -2.16. The molecule has 0 aromatic rings. The standard InChI is InChI=1S/C11H23NO2/c1-5-6-9(4)7-14-11(13)10(12)8(2)3/h8-10H,5-7,12H2,1-4H3/t9-,10+/m1/s1. The highest BCUT2D eigenvalue weighted by Gasteiger charge is 2.19. The average molecular weight is 201 g/mol. The van der Waals surface area contributed by atoms with Crippen LogP contribution in [0.1, 0.15) is 40.5 Å². The Morgan fingerprint density at radius 3 is 2.36 bits per heavy atom. The zero-order valence-electron chi connectivity index (χ0n) is 9.75. The van der Waals surface area contributed by atoms with Crippen LogP contribution in [-0.4, -0.2) is 18.6 Å². The molecule has 2 atom stereocenters. The molecular weight excluding hydrogens is 178 g/mol. The number of carbonyl (C=O) groups excluding carboxylic acids is 1. The van der Waals surface area contributed by atoms with Crippen molar-refractivity contribution >= 4 is 5.97 Å². The molecule has 0 rings (SSSR count). The fraction of sp³-hybridized carbons (Fsp3) is 0.909. The summed E-state index contributed by atoms with van der Waals surface area (Å²) in [5.41, 5.74) is 5.65. The predicted octanol–water partition coefficient (Wildman–Crippen LogP) is 1.95. The van der Waals surface area contributed by atoms with Crippen molar-refractivity contribution in [3.05, 3.63) is 0 Å². The Kier molecular flexibility index (Phi) is 6.54. The van der Waals surface area contributed by atoms with E-state index in [1.54, 1.807) is 0 Å². The molecule has 0 saturated heterocycles. The summed E-state index contributed by atoms with van der Waals surface area (Å²) in [4.78, 5) is 11.3. The monoisotopic (exact) mass is 201 g/mol. The lowest BCUT2D eigenvalue weighted by molar-refractivity contribution is -0.147. The van der Waals surface area contributed by atoms with Crippen molar-refractivity contribution in [3.8, 4) is 0 Å². The third-order valence-electron chi connectivity index (χ3n) is 2.28. The van der Waals surface area contributed by atoms with Crippen LogP contribution in [0.3, 0.4) is 0 Å². The van der Waals surface area contributed by atoms with Crippen LogP contribution in [0.5, 0.6) is 0 Å². The van der Waals surface area contributed by atoms with Crippen molar-refractivity contribution in [1.29, 1.82) is 0 Å². The summed E-state index contributed by atoms with van der Waals surface area (Å²) in [6.45, 7) is 8.53. The van der Waals surface area contributed by atoms with E-state index in [0.29, 0.717) is 12.5 Å². The third-order valence-corrected chi connectivity index (χ3v) is 2.28. The maximum atomic E-state index is 11.3. The van der Waals surface area contributed by atoms with Gasteiger partial charge in [0.05, 0.1) is 6.61 Å². The second-order valence-corrected chi connectivity index (χ2v) is 4.29. The Morgan fingerprint density at radius 1 is 1.36 bits per heavy atom. The molecule has 0 aromatic heterocycles. The molecule has 84 valence electrons. The fourth-order valence-electron chi connectivity index (χ4n) is 1.17. The van der Waals surface area contributed by atoms with Crippen molar-refractivity contribution in [1.82, 2.24) is 0 Å². The number of rotatable bonds is 6. The van der Waals surface area contributed by atoms with Gasteiger partial charge in [-0.1, -0.05) is 34.1 Å². The summed E-state index contributed by atoms with van der Waals surface area (Å²) in [5, 5.41) is 0. The average Bonchev–Trinajstić information content (AvgIpc) is 2.13. The van der Waals surface area contributed by atoms with E-state index in [9.17, 15) is 4.79 Å². The van der Waals surface area contributed by atoms with Gasteiger partial charge in [-0.25, -0.2) is 0 Å². The first-order valence-electron chi connectivity index (χ1n) is 5.41. The van der Waals surface area contributed by atoms with Crippen molar-refractivity contribution in [3.63, 3.8) is 0 Å². The summed E-state index contributed by atoms with van der Waals surface area (Å²) < 4.78 is 5.12. The largest absolute Gasteiger partial charge is 0.464 e. The summed E-state index contributed by atoms with van der Waals surface area (Å²) in [7, 11) is 0. The predicted molar refractivity (Wildman–Crippen MR) is 57.8 cm³/mol. The van der Waals surface area contributed by atoms with Crippen molar-refractivity contribution < 1.29 is 9.53 Å². The van der Waals surface area contributed by atoms with E-state index in [1.165, 1.54) is 0 Å². The summed E-state index contributed by atoms with van der Waals surface area (Å²) >= 11 is 0. The first kappa shape index (κ1) is 13.4. The number of ether oxygens (including phenoxy) is 1. The van der Waals surface area contributed by atoms with E-state index in [2.05, 4.69) is 13.8 Å². The van der Waals surface area contributed by atoms with E-state index in [0.717, 1.165) is 12.8 Å².